The SMILES string of the molecule is O=C(NC1CCC2(CCOCC2)CC1)c1cn(-c2ccc(C(F)(F)F)cn2)nn1. The molecule has 29 heavy (non-hydrogen) atoms. The first-order valence-corrected chi connectivity index (χ1v) is 9.69. The Hall–Kier alpha value is -2.49. The Kier molecular flexibility index (Phi) is 5.28. The van der Waals surface area contributed by atoms with E-state index < -0.39 is 11.7 Å². The van der Waals surface area contributed by atoms with Crippen molar-refractivity contribution in [2.75, 3.05) is 13.2 Å². The fraction of sp³-hybridized carbons (Fsp3) is 0.579. The van der Waals surface area contributed by atoms with Gasteiger partial charge in [0.1, 0.15) is 0 Å². The fourth-order valence-electron chi connectivity index (χ4n) is 4.11. The van der Waals surface area contributed by atoms with Crippen molar-refractivity contribution < 1.29 is 22.7 Å². The van der Waals surface area contributed by atoms with E-state index in [0.717, 1.165) is 64.0 Å². The summed E-state index contributed by atoms with van der Waals surface area (Å²) < 4.78 is 44.6. The van der Waals surface area contributed by atoms with Crippen LogP contribution in [0.15, 0.2) is 24.5 Å². The highest BCUT2D eigenvalue weighted by atomic mass is 19.4. The van der Waals surface area contributed by atoms with Crippen molar-refractivity contribution in [3.8, 4) is 5.82 Å². The maximum Gasteiger partial charge on any atom is 0.417 e. The molecule has 2 fully saturated rings. The van der Waals surface area contributed by atoms with E-state index in [1.165, 1.54) is 16.9 Å². The van der Waals surface area contributed by atoms with E-state index in [4.69, 9.17) is 4.74 Å². The molecule has 156 valence electrons. The maximum atomic E-state index is 12.6. The molecule has 3 heterocycles. The van der Waals surface area contributed by atoms with Crippen LogP contribution in [0, 0.1) is 5.41 Å². The van der Waals surface area contributed by atoms with Gasteiger partial charge in [-0.05, 0) is 56.1 Å². The molecule has 1 aliphatic heterocycles. The molecule has 1 saturated heterocycles. The van der Waals surface area contributed by atoms with Gasteiger partial charge < -0.3 is 10.1 Å². The van der Waals surface area contributed by atoms with E-state index in [0.29, 0.717) is 5.41 Å². The van der Waals surface area contributed by atoms with Gasteiger partial charge in [0.15, 0.2) is 11.5 Å². The van der Waals surface area contributed by atoms with Crippen molar-refractivity contribution in [2.24, 2.45) is 5.41 Å². The Bertz CT molecular complexity index is 849. The number of pyridine rings is 1. The Morgan fingerprint density at radius 3 is 2.52 bits per heavy atom. The van der Waals surface area contributed by atoms with Gasteiger partial charge in [-0.15, -0.1) is 5.10 Å². The zero-order valence-corrected chi connectivity index (χ0v) is 15.8. The lowest BCUT2D eigenvalue weighted by Crippen LogP contribution is -2.42. The van der Waals surface area contributed by atoms with Gasteiger partial charge in [-0.1, -0.05) is 5.21 Å². The van der Waals surface area contributed by atoms with Gasteiger partial charge in [-0.2, -0.15) is 13.2 Å². The monoisotopic (exact) mass is 409 g/mol. The summed E-state index contributed by atoms with van der Waals surface area (Å²) in [7, 11) is 0. The zero-order chi connectivity index (χ0) is 20.5. The van der Waals surface area contributed by atoms with Crippen LogP contribution in [-0.4, -0.2) is 45.1 Å². The smallest absolute Gasteiger partial charge is 0.381 e. The number of hydrogen-bond acceptors (Lipinski definition) is 5. The fourth-order valence-corrected chi connectivity index (χ4v) is 4.11. The summed E-state index contributed by atoms with van der Waals surface area (Å²) in [6.45, 7) is 1.64. The lowest BCUT2D eigenvalue weighted by molar-refractivity contribution is -0.137. The number of carbonyl (C=O) groups is 1. The molecule has 1 aliphatic carbocycles. The van der Waals surface area contributed by atoms with Crippen LogP contribution in [0.4, 0.5) is 13.2 Å². The summed E-state index contributed by atoms with van der Waals surface area (Å²) in [5, 5.41) is 10.6. The Morgan fingerprint density at radius 2 is 1.90 bits per heavy atom. The molecule has 2 aliphatic rings. The summed E-state index contributed by atoms with van der Waals surface area (Å²) in [6.07, 6.45) is 3.79. The molecule has 1 N–H and O–H groups in total. The first-order chi connectivity index (χ1) is 13.8. The molecule has 2 aromatic rings. The standard InChI is InChI=1S/C19H22F3N5O2/c20-19(21,22)13-1-2-16(23-11-13)27-12-15(25-26-27)17(28)24-14-3-5-18(6-4-14)7-9-29-10-8-18/h1-2,11-12,14H,3-10H2,(H,24,28). The van der Waals surface area contributed by atoms with Crippen LogP contribution >= 0.6 is 0 Å². The topological polar surface area (TPSA) is 81.9 Å². The average Bonchev–Trinajstić information content (AvgIpc) is 3.20. The summed E-state index contributed by atoms with van der Waals surface area (Å²) in [5.41, 5.74) is -0.381. The van der Waals surface area contributed by atoms with E-state index in [2.05, 4.69) is 20.6 Å². The van der Waals surface area contributed by atoms with E-state index in [-0.39, 0.29) is 23.5 Å². The predicted molar refractivity (Wildman–Crippen MR) is 96.4 cm³/mol. The Morgan fingerprint density at radius 1 is 1.17 bits per heavy atom. The summed E-state index contributed by atoms with van der Waals surface area (Å²) in [4.78, 5) is 16.2. The summed E-state index contributed by atoms with van der Waals surface area (Å²) in [5.74, 6) is -0.181. The number of nitrogens with one attached hydrogen (secondary N) is 1. The number of rotatable bonds is 3. The molecule has 0 unspecified atom stereocenters. The van der Waals surface area contributed by atoms with Crippen LogP contribution in [0.5, 0.6) is 0 Å². The second-order valence-electron chi connectivity index (χ2n) is 7.81. The van der Waals surface area contributed by atoms with Crippen molar-refractivity contribution in [2.45, 2.75) is 50.7 Å². The van der Waals surface area contributed by atoms with E-state index in [1.54, 1.807) is 0 Å². The first kappa shape index (κ1) is 19.8. The van der Waals surface area contributed by atoms with Crippen LogP contribution in [0.25, 0.3) is 5.82 Å². The highest BCUT2D eigenvalue weighted by Crippen LogP contribution is 2.44. The van der Waals surface area contributed by atoms with Gasteiger partial charge in [0.05, 0.1) is 11.8 Å². The van der Waals surface area contributed by atoms with Crippen LogP contribution in [0.3, 0.4) is 0 Å². The number of amides is 1. The number of hydrogen-bond donors (Lipinski definition) is 1. The third-order valence-electron chi connectivity index (χ3n) is 5.97. The average molecular weight is 409 g/mol. The minimum absolute atomic E-state index is 0.0883. The van der Waals surface area contributed by atoms with Crippen molar-refractivity contribution in [3.05, 3.63) is 35.8 Å². The molecule has 1 spiro atoms. The maximum absolute atomic E-state index is 12.6. The van der Waals surface area contributed by atoms with Gasteiger partial charge in [-0.3, -0.25) is 4.79 Å². The van der Waals surface area contributed by atoms with Gasteiger partial charge in [0.25, 0.3) is 5.91 Å². The molecular formula is C19H22F3N5O2. The van der Waals surface area contributed by atoms with Crippen molar-refractivity contribution in [3.63, 3.8) is 0 Å². The molecule has 1 saturated carbocycles. The predicted octanol–water partition coefficient (Wildman–Crippen LogP) is 3.15. The van der Waals surface area contributed by atoms with Crippen molar-refractivity contribution >= 4 is 5.91 Å². The third-order valence-corrected chi connectivity index (χ3v) is 5.97. The molecule has 7 nitrogen and oxygen atoms in total. The second-order valence-corrected chi connectivity index (χ2v) is 7.81. The minimum atomic E-state index is -4.46. The molecule has 4 rings (SSSR count). The van der Waals surface area contributed by atoms with E-state index in [1.807, 2.05) is 0 Å². The number of aromatic nitrogens is 4. The molecule has 2 aromatic heterocycles. The lowest BCUT2D eigenvalue weighted by Gasteiger charge is -2.42. The molecule has 1 amide bonds. The second kappa shape index (κ2) is 7.74. The van der Waals surface area contributed by atoms with Gasteiger partial charge in [0, 0.05) is 25.5 Å². The van der Waals surface area contributed by atoms with E-state index in [9.17, 15) is 18.0 Å². The number of carbonyl (C=O) groups excluding carboxylic acids is 1. The van der Waals surface area contributed by atoms with E-state index >= 15 is 0 Å². The number of halogens is 3. The molecule has 0 atom stereocenters. The zero-order valence-electron chi connectivity index (χ0n) is 15.8. The third kappa shape index (κ3) is 4.42. The molecular weight excluding hydrogens is 387 g/mol. The van der Waals surface area contributed by atoms with Crippen LogP contribution < -0.4 is 5.32 Å². The summed E-state index contributed by atoms with van der Waals surface area (Å²) in [6, 6.07) is 2.19. The largest absolute Gasteiger partial charge is 0.417 e. The minimum Gasteiger partial charge on any atom is -0.381 e. The molecule has 0 radical (unpaired) electrons. The highest BCUT2D eigenvalue weighted by molar-refractivity contribution is 5.92. The van der Waals surface area contributed by atoms with Crippen molar-refractivity contribution in [1.82, 2.24) is 25.3 Å². The molecule has 0 aromatic carbocycles. The van der Waals surface area contributed by atoms with Crippen LogP contribution in [0.2, 0.25) is 0 Å². The van der Waals surface area contributed by atoms with Gasteiger partial charge in [0.2, 0.25) is 0 Å². The number of ether oxygens (including phenoxy) is 1. The van der Waals surface area contributed by atoms with Gasteiger partial charge >= 0.3 is 6.18 Å². The highest BCUT2D eigenvalue weighted by Gasteiger charge is 2.37. The van der Waals surface area contributed by atoms with Crippen LogP contribution in [0.1, 0.15) is 54.6 Å². The normalized spacial score (nSPS) is 20.0. The first-order valence-electron chi connectivity index (χ1n) is 9.69. The molecule has 0 bridgehead atoms. The molecule has 10 heteroatoms. The summed E-state index contributed by atoms with van der Waals surface area (Å²) >= 11 is 0. The quantitative estimate of drug-likeness (QED) is 0.842. The van der Waals surface area contributed by atoms with Crippen molar-refractivity contribution in [1.29, 1.82) is 0 Å². The van der Waals surface area contributed by atoms with Gasteiger partial charge in [-0.25, -0.2) is 9.67 Å². The Labute approximate surface area is 165 Å². The Balaban J connectivity index is 1.35. The number of alkyl halides is 3. The van der Waals surface area contributed by atoms with Crippen LogP contribution in [-0.2, 0) is 10.9 Å². The lowest BCUT2D eigenvalue weighted by atomic mass is 9.68. The number of nitrogens with zero attached hydrogens (tertiary/aromatic N) is 4.